The Kier molecular flexibility index (Phi) is 11.5. The standard InChI is InChI=1S/C21H34BNO7/c1-6-11-18(24)23-17-12-15(9-4)19(30-22(17)27)16(10-5)21(26)29-13-28-20(25)14(7-2)8-3/h9-10,14,17,21,26-27H,4,6-8,11-13H2,1-3,5H3,(H,23,24)/b16-10+/t17-,21?/m0/s1. The lowest BCUT2D eigenvalue weighted by Crippen LogP contribution is -2.50. The van der Waals surface area contributed by atoms with Crippen LogP contribution in [0.4, 0.5) is 0 Å². The van der Waals surface area contributed by atoms with Gasteiger partial charge >= 0.3 is 13.1 Å². The zero-order chi connectivity index (χ0) is 22.7. The Labute approximate surface area is 179 Å². The molecular weight excluding hydrogens is 389 g/mol. The number of carbonyl (C=O) groups is 2. The van der Waals surface area contributed by atoms with Crippen LogP contribution in [0.2, 0.25) is 0 Å². The van der Waals surface area contributed by atoms with E-state index in [4.69, 9.17) is 14.1 Å². The average molecular weight is 423 g/mol. The second-order valence-electron chi connectivity index (χ2n) is 7.05. The summed E-state index contributed by atoms with van der Waals surface area (Å²) in [6.45, 7) is 10.7. The van der Waals surface area contributed by atoms with E-state index < -0.39 is 26.1 Å². The van der Waals surface area contributed by atoms with Gasteiger partial charge in [0.1, 0.15) is 5.76 Å². The predicted octanol–water partition coefficient (Wildman–Crippen LogP) is 2.37. The summed E-state index contributed by atoms with van der Waals surface area (Å²) in [5.74, 6) is -1.17. The summed E-state index contributed by atoms with van der Waals surface area (Å²) in [7, 11) is -1.29. The largest absolute Gasteiger partial charge is 0.547 e. The molecule has 0 saturated heterocycles. The highest BCUT2D eigenvalue weighted by atomic mass is 16.7. The van der Waals surface area contributed by atoms with E-state index in [1.807, 2.05) is 20.8 Å². The summed E-state index contributed by atoms with van der Waals surface area (Å²) in [5.41, 5.74) is 0.868. The number of esters is 1. The molecule has 168 valence electrons. The van der Waals surface area contributed by atoms with Crippen LogP contribution in [-0.2, 0) is 23.7 Å². The fourth-order valence-electron chi connectivity index (χ4n) is 3.14. The number of carbonyl (C=O) groups excluding carboxylic acids is 2. The van der Waals surface area contributed by atoms with Gasteiger partial charge in [-0.1, -0.05) is 39.5 Å². The quantitative estimate of drug-likeness (QED) is 0.251. The van der Waals surface area contributed by atoms with Crippen molar-refractivity contribution in [1.82, 2.24) is 5.32 Å². The molecule has 0 radical (unpaired) electrons. The van der Waals surface area contributed by atoms with Gasteiger partial charge in [0.25, 0.3) is 0 Å². The number of ether oxygens (including phenoxy) is 2. The van der Waals surface area contributed by atoms with E-state index in [2.05, 4.69) is 11.9 Å². The Balaban J connectivity index is 2.82. The molecule has 1 heterocycles. The highest BCUT2D eigenvalue weighted by molar-refractivity contribution is 6.46. The van der Waals surface area contributed by atoms with Crippen LogP contribution in [0.25, 0.3) is 0 Å². The SMILES string of the molecule is C=CC1=C(/C(=C\C)C(O)OCOC(=O)C(CC)CC)OB(O)[C@@H](NC(=O)CCC)C1. The zero-order valence-electron chi connectivity index (χ0n) is 18.3. The third-order valence-electron chi connectivity index (χ3n) is 4.97. The van der Waals surface area contributed by atoms with Crippen LogP contribution in [0.1, 0.15) is 59.8 Å². The van der Waals surface area contributed by atoms with E-state index in [9.17, 15) is 19.7 Å². The third-order valence-corrected chi connectivity index (χ3v) is 4.97. The Bertz CT molecular complexity index is 658. The number of nitrogens with one attached hydrogen (secondary N) is 1. The van der Waals surface area contributed by atoms with Crippen molar-refractivity contribution in [2.24, 2.45) is 5.92 Å². The molecule has 1 unspecified atom stereocenters. The Morgan fingerprint density at radius 1 is 1.37 bits per heavy atom. The summed E-state index contributed by atoms with van der Waals surface area (Å²) in [4.78, 5) is 23.8. The smallest absolute Gasteiger partial charge is 0.534 e. The molecule has 0 spiro atoms. The molecule has 0 bridgehead atoms. The van der Waals surface area contributed by atoms with Crippen molar-refractivity contribution in [3.63, 3.8) is 0 Å². The van der Waals surface area contributed by atoms with Crippen molar-refractivity contribution in [2.75, 3.05) is 6.79 Å². The molecule has 1 rings (SSSR count). The van der Waals surface area contributed by atoms with Crippen LogP contribution in [0.5, 0.6) is 0 Å². The first-order chi connectivity index (χ1) is 14.3. The van der Waals surface area contributed by atoms with Crippen LogP contribution in [-0.4, -0.2) is 48.1 Å². The van der Waals surface area contributed by atoms with Gasteiger partial charge in [0.2, 0.25) is 5.91 Å². The Morgan fingerprint density at radius 3 is 2.57 bits per heavy atom. The fraction of sp³-hybridized carbons (Fsp3) is 0.619. The van der Waals surface area contributed by atoms with Crippen molar-refractivity contribution >= 4 is 19.0 Å². The molecule has 0 saturated carbocycles. The summed E-state index contributed by atoms with van der Waals surface area (Å²) < 4.78 is 15.9. The first-order valence-corrected chi connectivity index (χ1v) is 10.4. The van der Waals surface area contributed by atoms with E-state index in [1.54, 1.807) is 19.1 Å². The summed E-state index contributed by atoms with van der Waals surface area (Å²) >= 11 is 0. The van der Waals surface area contributed by atoms with Gasteiger partial charge in [-0.25, -0.2) is 0 Å². The van der Waals surface area contributed by atoms with Gasteiger partial charge in [0.05, 0.1) is 11.9 Å². The van der Waals surface area contributed by atoms with Crippen LogP contribution in [0.15, 0.2) is 35.6 Å². The molecule has 0 aliphatic carbocycles. The molecule has 0 aromatic carbocycles. The van der Waals surface area contributed by atoms with Crippen molar-refractivity contribution in [3.05, 3.63) is 35.6 Å². The first-order valence-electron chi connectivity index (χ1n) is 10.4. The van der Waals surface area contributed by atoms with Gasteiger partial charge in [-0.2, -0.15) is 0 Å². The van der Waals surface area contributed by atoms with Gasteiger partial charge in [0.15, 0.2) is 13.1 Å². The maximum absolute atomic E-state index is 11.9. The minimum Gasteiger partial charge on any atom is -0.534 e. The molecule has 2 atom stereocenters. The highest BCUT2D eigenvalue weighted by Gasteiger charge is 2.38. The van der Waals surface area contributed by atoms with Crippen LogP contribution < -0.4 is 5.32 Å². The first kappa shape index (κ1) is 25.9. The lowest BCUT2D eigenvalue weighted by Gasteiger charge is -2.31. The molecule has 0 fully saturated rings. The van der Waals surface area contributed by atoms with Crippen molar-refractivity contribution in [2.45, 2.75) is 72.0 Å². The minimum atomic E-state index is -1.44. The molecular formula is C21H34BNO7. The number of amides is 1. The average Bonchev–Trinajstić information content (AvgIpc) is 2.71. The summed E-state index contributed by atoms with van der Waals surface area (Å²) in [6, 6.07) is 0. The Morgan fingerprint density at radius 2 is 2.03 bits per heavy atom. The molecule has 3 N–H and O–H groups in total. The highest BCUT2D eigenvalue weighted by Crippen LogP contribution is 2.29. The fourth-order valence-corrected chi connectivity index (χ4v) is 3.14. The zero-order valence-corrected chi connectivity index (χ0v) is 18.3. The number of rotatable bonds is 12. The molecule has 1 aliphatic heterocycles. The van der Waals surface area contributed by atoms with E-state index in [1.165, 1.54) is 0 Å². The molecule has 9 heteroatoms. The number of aliphatic hydroxyl groups excluding tert-OH is 1. The minimum absolute atomic E-state index is 0.175. The van der Waals surface area contributed by atoms with Gasteiger partial charge in [-0.15, -0.1) is 0 Å². The molecule has 30 heavy (non-hydrogen) atoms. The van der Waals surface area contributed by atoms with Gasteiger partial charge < -0.3 is 29.6 Å². The molecule has 1 aliphatic rings. The second-order valence-corrected chi connectivity index (χ2v) is 7.05. The predicted molar refractivity (Wildman–Crippen MR) is 114 cm³/mol. The molecule has 1 amide bonds. The van der Waals surface area contributed by atoms with Crippen LogP contribution in [0, 0.1) is 5.92 Å². The number of allylic oxidation sites excluding steroid dienone is 2. The van der Waals surface area contributed by atoms with Crippen molar-refractivity contribution in [1.29, 1.82) is 0 Å². The molecule has 8 nitrogen and oxygen atoms in total. The Hall–Kier alpha value is -2.10. The van der Waals surface area contributed by atoms with Crippen LogP contribution in [0.3, 0.4) is 0 Å². The van der Waals surface area contributed by atoms with E-state index in [0.717, 1.165) is 0 Å². The van der Waals surface area contributed by atoms with Crippen LogP contribution >= 0.6 is 0 Å². The number of hydrogen-bond acceptors (Lipinski definition) is 7. The van der Waals surface area contributed by atoms with Gasteiger partial charge in [-0.05, 0) is 38.2 Å². The maximum atomic E-state index is 11.9. The van der Waals surface area contributed by atoms with E-state index in [0.29, 0.717) is 31.3 Å². The van der Waals surface area contributed by atoms with Gasteiger partial charge in [-0.3, -0.25) is 9.59 Å². The second kappa shape index (κ2) is 13.3. The lowest BCUT2D eigenvalue weighted by atomic mass is 9.72. The normalized spacial score (nSPS) is 18.2. The lowest BCUT2D eigenvalue weighted by molar-refractivity contribution is -0.180. The molecule has 0 aromatic heterocycles. The molecule has 0 aromatic rings. The monoisotopic (exact) mass is 423 g/mol. The van der Waals surface area contributed by atoms with E-state index in [-0.39, 0.29) is 35.5 Å². The van der Waals surface area contributed by atoms with Gasteiger partial charge in [0, 0.05) is 12.0 Å². The van der Waals surface area contributed by atoms with E-state index >= 15 is 0 Å². The maximum Gasteiger partial charge on any atom is 0.547 e. The number of hydrogen-bond donors (Lipinski definition) is 3. The topological polar surface area (TPSA) is 114 Å². The summed E-state index contributed by atoms with van der Waals surface area (Å²) in [6.07, 6.45) is 4.34. The number of aliphatic hydroxyl groups is 1. The summed E-state index contributed by atoms with van der Waals surface area (Å²) in [5, 5.41) is 23.5. The third kappa shape index (κ3) is 7.30. The van der Waals surface area contributed by atoms with Crippen molar-refractivity contribution < 1.29 is 33.8 Å². The van der Waals surface area contributed by atoms with Crippen molar-refractivity contribution in [3.8, 4) is 0 Å².